The second-order valence-electron chi connectivity index (χ2n) is 8.53. The van der Waals surface area contributed by atoms with Crippen LogP contribution in [0.2, 0.25) is 0 Å². The van der Waals surface area contributed by atoms with Crippen molar-refractivity contribution in [2.24, 2.45) is 11.3 Å². The molecule has 6 heteroatoms. The van der Waals surface area contributed by atoms with Gasteiger partial charge >= 0.3 is 0 Å². The van der Waals surface area contributed by atoms with Gasteiger partial charge in [0.15, 0.2) is 0 Å². The Kier molecular flexibility index (Phi) is 5.55. The number of thiophene rings is 1. The lowest BCUT2D eigenvalue weighted by Crippen LogP contribution is -2.49. The molecule has 4 atom stereocenters. The molecule has 27 heavy (non-hydrogen) atoms. The molecule has 148 valence electrons. The van der Waals surface area contributed by atoms with Crippen molar-refractivity contribution in [2.45, 2.75) is 69.4 Å². The van der Waals surface area contributed by atoms with Crippen LogP contribution in [0.5, 0.6) is 0 Å². The molecule has 0 spiro atoms. The zero-order chi connectivity index (χ0) is 18.9. The zero-order valence-corrected chi connectivity index (χ0v) is 16.9. The molecule has 0 saturated heterocycles. The Morgan fingerprint density at radius 1 is 1.22 bits per heavy atom. The van der Waals surface area contributed by atoms with Crippen LogP contribution in [0.3, 0.4) is 0 Å². The lowest BCUT2D eigenvalue weighted by Gasteiger charge is -2.41. The standard InChI is InChI=1S/C21H30N2O3S/c1-26-10-9-21(7-3-8-21)20(25)23-15-6-5-14(12-15)22-19(24)17-13-16(17)18-4-2-11-27-18/h2,4,11,14-17H,3,5-10,12-13H2,1H3,(H,22,24)(H,23,25)/t14-,15+,16?,17?/m0/s1. The van der Waals surface area contributed by atoms with Gasteiger partial charge in [0, 0.05) is 42.5 Å². The lowest BCUT2D eigenvalue weighted by atomic mass is 9.66. The minimum atomic E-state index is -0.209. The van der Waals surface area contributed by atoms with Gasteiger partial charge in [0.1, 0.15) is 0 Å². The molecular weight excluding hydrogens is 360 g/mol. The molecule has 1 heterocycles. The second-order valence-corrected chi connectivity index (χ2v) is 9.51. The van der Waals surface area contributed by atoms with E-state index >= 15 is 0 Å². The minimum absolute atomic E-state index is 0.143. The van der Waals surface area contributed by atoms with Crippen LogP contribution in [-0.2, 0) is 14.3 Å². The largest absolute Gasteiger partial charge is 0.385 e. The molecule has 0 aliphatic heterocycles. The Hall–Kier alpha value is -1.40. The Morgan fingerprint density at radius 2 is 2.00 bits per heavy atom. The van der Waals surface area contributed by atoms with Crippen molar-refractivity contribution in [2.75, 3.05) is 13.7 Å². The molecule has 2 N–H and O–H groups in total. The highest BCUT2D eigenvalue weighted by Crippen LogP contribution is 2.49. The Balaban J connectivity index is 1.22. The van der Waals surface area contributed by atoms with E-state index in [1.807, 2.05) is 0 Å². The van der Waals surface area contributed by atoms with Gasteiger partial charge in [-0.2, -0.15) is 0 Å². The van der Waals surface area contributed by atoms with E-state index in [9.17, 15) is 9.59 Å². The minimum Gasteiger partial charge on any atom is -0.385 e. The summed E-state index contributed by atoms with van der Waals surface area (Å²) in [5, 5.41) is 8.57. The van der Waals surface area contributed by atoms with Crippen molar-refractivity contribution in [3.63, 3.8) is 0 Å². The summed E-state index contributed by atoms with van der Waals surface area (Å²) in [5.74, 6) is 0.953. The van der Waals surface area contributed by atoms with E-state index in [2.05, 4.69) is 28.1 Å². The third-order valence-electron chi connectivity index (χ3n) is 6.73. The number of nitrogens with one attached hydrogen (secondary N) is 2. The summed E-state index contributed by atoms with van der Waals surface area (Å²) in [7, 11) is 1.69. The van der Waals surface area contributed by atoms with Gasteiger partial charge < -0.3 is 15.4 Å². The molecule has 0 aromatic carbocycles. The zero-order valence-electron chi connectivity index (χ0n) is 16.0. The second kappa shape index (κ2) is 7.92. The van der Waals surface area contributed by atoms with Crippen LogP contribution in [-0.4, -0.2) is 37.6 Å². The van der Waals surface area contributed by atoms with Crippen molar-refractivity contribution in [1.82, 2.24) is 10.6 Å². The Bertz CT molecular complexity index is 671. The Labute approximate surface area is 165 Å². The number of rotatable bonds is 8. The predicted molar refractivity (Wildman–Crippen MR) is 106 cm³/mol. The number of ether oxygens (including phenoxy) is 1. The molecule has 3 aliphatic rings. The fourth-order valence-electron chi connectivity index (χ4n) is 4.68. The van der Waals surface area contributed by atoms with Crippen LogP contribution in [0.25, 0.3) is 0 Å². The predicted octanol–water partition coefficient (Wildman–Crippen LogP) is 3.21. The van der Waals surface area contributed by atoms with Crippen LogP contribution in [0.4, 0.5) is 0 Å². The first kappa shape index (κ1) is 18.9. The highest BCUT2D eigenvalue weighted by atomic mass is 32.1. The molecule has 3 saturated carbocycles. The maximum absolute atomic E-state index is 12.8. The number of methoxy groups -OCH3 is 1. The third kappa shape index (κ3) is 4.06. The molecule has 2 amide bonds. The summed E-state index contributed by atoms with van der Waals surface area (Å²) < 4.78 is 5.19. The smallest absolute Gasteiger partial charge is 0.226 e. The maximum atomic E-state index is 12.8. The highest BCUT2D eigenvalue weighted by molar-refractivity contribution is 7.10. The number of hydrogen-bond donors (Lipinski definition) is 2. The van der Waals surface area contributed by atoms with Crippen molar-refractivity contribution >= 4 is 23.2 Å². The highest BCUT2D eigenvalue weighted by Gasteiger charge is 2.46. The summed E-state index contributed by atoms with van der Waals surface area (Å²) in [6.07, 6.45) is 7.63. The van der Waals surface area contributed by atoms with Gasteiger partial charge in [-0.3, -0.25) is 9.59 Å². The number of carbonyl (C=O) groups excluding carboxylic acids is 2. The number of amides is 2. The van der Waals surface area contributed by atoms with Gasteiger partial charge in [0.25, 0.3) is 0 Å². The molecule has 5 nitrogen and oxygen atoms in total. The van der Waals surface area contributed by atoms with Gasteiger partial charge in [-0.15, -0.1) is 11.3 Å². The van der Waals surface area contributed by atoms with Gasteiger partial charge in [-0.05, 0) is 56.4 Å². The van der Waals surface area contributed by atoms with Gasteiger partial charge in [0.2, 0.25) is 11.8 Å². The van der Waals surface area contributed by atoms with Crippen molar-refractivity contribution in [3.05, 3.63) is 22.4 Å². The SMILES string of the molecule is COCCC1(C(=O)N[C@@H]2CC[C@H](NC(=O)C3CC3c3cccs3)C2)CCC1. The topological polar surface area (TPSA) is 67.4 Å². The summed E-state index contributed by atoms with van der Waals surface area (Å²) in [5.41, 5.74) is -0.209. The van der Waals surface area contributed by atoms with E-state index in [0.29, 0.717) is 12.5 Å². The van der Waals surface area contributed by atoms with Gasteiger partial charge in [-0.1, -0.05) is 12.5 Å². The first-order valence-corrected chi connectivity index (χ1v) is 11.1. The molecule has 0 radical (unpaired) electrons. The number of carbonyl (C=O) groups is 2. The summed E-state index contributed by atoms with van der Waals surface area (Å²) in [4.78, 5) is 26.6. The third-order valence-corrected chi connectivity index (χ3v) is 7.73. The molecular formula is C21H30N2O3S. The van der Waals surface area contributed by atoms with Gasteiger partial charge in [0.05, 0.1) is 5.41 Å². The number of hydrogen-bond acceptors (Lipinski definition) is 4. The average molecular weight is 391 g/mol. The first-order valence-electron chi connectivity index (χ1n) is 10.2. The van der Waals surface area contributed by atoms with E-state index < -0.39 is 0 Å². The first-order chi connectivity index (χ1) is 13.1. The van der Waals surface area contributed by atoms with E-state index in [0.717, 1.165) is 51.4 Å². The summed E-state index contributed by atoms with van der Waals surface area (Å²) in [6.45, 7) is 0.642. The van der Waals surface area contributed by atoms with Crippen LogP contribution < -0.4 is 10.6 Å². The fourth-order valence-corrected chi connectivity index (χ4v) is 5.59. The molecule has 2 unspecified atom stereocenters. The van der Waals surface area contributed by atoms with Crippen LogP contribution in [0.1, 0.15) is 62.2 Å². The van der Waals surface area contributed by atoms with E-state index in [-0.39, 0.29) is 35.2 Å². The van der Waals surface area contributed by atoms with Crippen molar-refractivity contribution in [1.29, 1.82) is 0 Å². The molecule has 4 rings (SSSR count). The average Bonchev–Trinajstić information content (AvgIpc) is 3.01. The van der Waals surface area contributed by atoms with Crippen molar-refractivity contribution < 1.29 is 14.3 Å². The fraction of sp³-hybridized carbons (Fsp3) is 0.714. The van der Waals surface area contributed by atoms with E-state index in [4.69, 9.17) is 4.74 Å². The molecule has 3 aliphatic carbocycles. The van der Waals surface area contributed by atoms with Crippen LogP contribution in [0, 0.1) is 11.3 Å². The van der Waals surface area contributed by atoms with Crippen LogP contribution in [0.15, 0.2) is 17.5 Å². The van der Waals surface area contributed by atoms with E-state index in [1.54, 1.807) is 18.4 Å². The van der Waals surface area contributed by atoms with Crippen molar-refractivity contribution in [3.8, 4) is 0 Å². The summed E-state index contributed by atoms with van der Waals surface area (Å²) in [6, 6.07) is 4.57. The van der Waals surface area contributed by atoms with E-state index in [1.165, 1.54) is 4.88 Å². The quantitative estimate of drug-likeness (QED) is 0.716. The molecule has 1 aromatic rings. The monoisotopic (exact) mass is 390 g/mol. The normalized spacial score (nSPS) is 31.1. The van der Waals surface area contributed by atoms with Gasteiger partial charge in [-0.25, -0.2) is 0 Å². The van der Waals surface area contributed by atoms with Crippen LogP contribution >= 0.6 is 11.3 Å². The maximum Gasteiger partial charge on any atom is 0.226 e. The molecule has 0 bridgehead atoms. The molecule has 1 aromatic heterocycles. The molecule has 3 fully saturated rings. The lowest BCUT2D eigenvalue weighted by molar-refractivity contribution is -0.138. The Morgan fingerprint density at radius 3 is 2.63 bits per heavy atom. The summed E-state index contributed by atoms with van der Waals surface area (Å²) >= 11 is 1.74.